The molecular weight excluding hydrogens is 206 g/mol. The van der Waals surface area contributed by atoms with E-state index in [0.29, 0.717) is 0 Å². The number of thioether (sulfide) groups is 1. The molecule has 84 valence electrons. The van der Waals surface area contributed by atoms with E-state index in [2.05, 4.69) is 31.2 Å². The summed E-state index contributed by atoms with van der Waals surface area (Å²) < 4.78 is 0. The van der Waals surface area contributed by atoms with Crippen molar-refractivity contribution < 1.29 is 5.11 Å². The number of aliphatic hydroxyl groups is 1. The quantitative estimate of drug-likeness (QED) is 0.578. The molecule has 0 aliphatic rings. The molecule has 3 N–H and O–H groups in total. The molecule has 1 aromatic rings. The van der Waals surface area contributed by atoms with Crippen LogP contribution in [-0.4, -0.2) is 17.5 Å². The summed E-state index contributed by atoms with van der Waals surface area (Å²) in [5, 5.41) is 8.66. The van der Waals surface area contributed by atoms with Gasteiger partial charge in [-0.2, -0.15) is 0 Å². The molecule has 3 heteroatoms. The van der Waals surface area contributed by atoms with Crippen molar-refractivity contribution in [3.05, 3.63) is 29.8 Å². The zero-order valence-electron chi connectivity index (χ0n) is 9.15. The van der Waals surface area contributed by atoms with Gasteiger partial charge in [0.1, 0.15) is 0 Å². The molecule has 1 atom stereocenters. The lowest BCUT2D eigenvalue weighted by Crippen LogP contribution is -2.07. The first kappa shape index (κ1) is 12.6. The second-order valence-corrected chi connectivity index (χ2v) is 4.68. The summed E-state index contributed by atoms with van der Waals surface area (Å²) >= 11 is 1.77. The summed E-state index contributed by atoms with van der Waals surface area (Å²) in [7, 11) is 0. The summed E-state index contributed by atoms with van der Waals surface area (Å²) in [5.41, 5.74) is 7.12. The second kappa shape index (κ2) is 6.88. The van der Waals surface area contributed by atoms with Crippen molar-refractivity contribution in [1.82, 2.24) is 0 Å². The van der Waals surface area contributed by atoms with Gasteiger partial charge < -0.3 is 10.8 Å². The summed E-state index contributed by atoms with van der Waals surface area (Å²) in [6.07, 6.45) is 1.82. The van der Waals surface area contributed by atoms with Gasteiger partial charge in [-0.25, -0.2) is 0 Å². The van der Waals surface area contributed by atoms with E-state index in [-0.39, 0.29) is 12.6 Å². The van der Waals surface area contributed by atoms with Crippen LogP contribution in [-0.2, 0) is 0 Å². The number of nitrogens with two attached hydrogens (primary N) is 1. The van der Waals surface area contributed by atoms with Crippen LogP contribution in [0.3, 0.4) is 0 Å². The number of benzene rings is 1. The number of aliphatic hydroxyl groups excluding tert-OH is 1. The van der Waals surface area contributed by atoms with Gasteiger partial charge in [-0.1, -0.05) is 19.1 Å². The summed E-state index contributed by atoms with van der Waals surface area (Å²) in [4.78, 5) is 1.25. The minimum Gasteiger partial charge on any atom is -0.396 e. The molecule has 0 bridgehead atoms. The Labute approximate surface area is 95.9 Å². The van der Waals surface area contributed by atoms with Crippen molar-refractivity contribution in [2.24, 2.45) is 5.73 Å². The first-order valence-electron chi connectivity index (χ1n) is 5.37. The van der Waals surface area contributed by atoms with E-state index in [1.807, 2.05) is 0 Å². The maximum absolute atomic E-state index is 8.66. The third kappa shape index (κ3) is 4.24. The Kier molecular flexibility index (Phi) is 5.76. The molecule has 0 radical (unpaired) electrons. The van der Waals surface area contributed by atoms with Crippen molar-refractivity contribution in [3.63, 3.8) is 0 Å². The Balaban J connectivity index is 2.49. The van der Waals surface area contributed by atoms with E-state index in [1.54, 1.807) is 11.8 Å². The first-order chi connectivity index (χ1) is 7.27. The van der Waals surface area contributed by atoms with E-state index in [4.69, 9.17) is 10.8 Å². The molecule has 2 nitrogen and oxygen atoms in total. The van der Waals surface area contributed by atoms with Crippen molar-refractivity contribution in [2.45, 2.75) is 30.7 Å². The molecule has 0 aromatic heterocycles. The van der Waals surface area contributed by atoms with Gasteiger partial charge in [-0.3, -0.25) is 0 Å². The minimum absolute atomic E-state index is 0.154. The summed E-state index contributed by atoms with van der Waals surface area (Å²) in [5.74, 6) is 0.968. The van der Waals surface area contributed by atoms with Gasteiger partial charge in [0.2, 0.25) is 0 Å². The smallest absolute Gasteiger partial charge is 0.0439 e. The first-order valence-corrected chi connectivity index (χ1v) is 6.35. The predicted octanol–water partition coefficient (Wildman–Crippen LogP) is 2.57. The zero-order chi connectivity index (χ0) is 11.1. The molecular formula is C12H19NOS. The molecule has 1 rings (SSSR count). The molecule has 0 saturated carbocycles. The number of rotatable bonds is 6. The fraction of sp³-hybridized carbons (Fsp3) is 0.500. The van der Waals surface area contributed by atoms with Gasteiger partial charge in [0.25, 0.3) is 0 Å². The van der Waals surface area contributed by atoms with Crippen LogP contribution in [0.2, 0.25) is 0 Å². The van der Waals surface area contributed by atoms with Crippen molar-refractivity contribution in [2.75, 3.05) is 12.4 Å². The van der Waals surface area contributed by atoms with Crippen molar-refractivity contribution in [3.8, 4) is 0 Å². The normalized spacial score (nSPS) is 12.7. The van der Waals surface area contributed by atoms with Crippen LogP contribution in [0.5, 0.6) is 0 Å². The Morgan fingerprint density at radius 3 is 2.53 bits per heavy atom. The molecule has 1 aromatic carbocycles. The van der Waals surface area contributed by atoms with Gasteiger partial charge in [-0.05, 0) is 30.5 Å². The standard InChI is InChI=1S/C12H19NOS/c1-2-12(13)10-4-6-11(7-5-10)15-9-3-8-14/h4-7,12,14H,2-3,8-9,13H2,1H3. The van der Waals surface area contributed by atoms with Gasteiger partial charge in [-0.15, -0.1) is 11.8 Å². The van der Waals surface area contributed by atoms with E-state index in [0.717, 1.165) is 18.6 Å². The van der Waals surface area contributed by atoms with E-state index >= 15 is 0 Å². The average Bonchev–Trinajstić information content (AvgIpc) is 2.29. The van der Waals surface area contributed by atoms with E-state index in [9.17, 15) is 0 Å². The number of hydrogen-bond donors (Lipinski definition) is 2. The maximum Gasteiger partial charge on any atom is 0.0439 e. The van der Waals surface area contributed by atoms with Gasteiger partial charge in [0.05, 0.1) is 0 Å². The third-order valence-corrected chi connectivity index (χ3v) is 3.42. The SMILES string of the molecule is CCC(N)c1ccc(SCCCO)cc1. The molecule has 0 saturated heterocycles. The van der Waals surface area contributed by atoms with Gasteiger partial charge in [0.15, 0.2) is 0 Å². The molecule has 0 aliphatic carbocycles. The van der Waals surface area contributed by atoms with E-state index in [1.165, 1.54) is 10.5 Å². The third-order valence-electron chi connectivity index (χ3n) is 2.32. The number of hydrogen-bond acceptors (Lipinski definition) is 3. The van der Waals surface area contributed by atoms with Crippen LogP contribution < -0.4 is 5.73 Å². The molecule has 0 spiro atoms. The monoisotopic (exact) mass is 225 g/mol. The maximum atomic E-state index is 8.66. The highest BCUT2D eigenvalue weighted by molar-refractivity contribution is 7.99. The Hall–Kier alpha value is -0.510. The lowest BCUT2D eigenvalue weighted by atomic mass is 10.1. The molecule has 0 heterocycles. The van der Waals surface area contributed by atoms with E-state index < -0.39 is 0 Å². The molecule has 0 amide bonds. The lowest BCUT2D eigenvalue weighted by Gasteiger charge is -2.09. The highest BCUT2D eigenvalue weighted by atomic mass is 32.2. The Morgan fingerprint density at radius 1 is 1.33 bits per heavy atom. The Bertz CT molecular complexity index is 273. The Morgan fingerprint density at radius 2 is 2.00 bits per heavy atom. The van der Waals surface area contributed by atoms with Crippen LogP contribution in [0.4, 0.5) is 0 Å². The fourth-order valence-electron chi connectivity index (χ4n) is 1.30. The van der Waals surface area contributed by atoms with Crippen LogP contribution in [0.15, 0.2) is 29.2 Å². The van der Waals surface area contributed by atoms with Crippen LogP contribution in [0.1, 0.15) is 31.4 Å². The fourth-order valence-corrected chi connectivity index (χ4v) is 2.14. The molecule has 0 fully saturated rings. The van der Waals surface area contributed by atoms with Gasteiger partial charge >= 0.3 is 0 Å². The molecule has 0 aliphatic heterocycles. The zero-order valence-corrected chi connectivity index (χ0v) is 9.96. The summed E-state index contributed by atoms with van der Waals surface area (Å²) in [6, 6.07) is 8.55. The highest BCUT2D eigenvalue weighted by Crippen LogP contribution is 2.21. The van der Waals surface area contributed by atoms with Crippen LogP contribution in [0.25, 0.3) is 0 Å². The van der Waals surface area contributed by atoms with Crippen LogP contribution in [0, 0.1) is 0 Å². The van der Waals surface area contributed by atoms with Gasteiger partial charge in [0, 0.05) is 23.3 Å². The lowest BCUT2D eigenvalue weighted by molar-refractivity contribution is 0.296. The van der Waals surface area contributed by atoms with Crippen molar-refractivity contribution in [1.29, 1.82) is 0 Å². The predicted molar refractivity (Wildman–Crippen MR) is 66.1 cm³/mol. The highest BCUT2D eigenvalue weighted by Gasteiger charge is 2.02. The average molecular weight is 225 g/mol. The molecule has 15 heavy (non-hydrogen) atoms. The largest absolute Gasteiger partial charge is 0.396 e. The second-order valence-electron chi connectivity index (χ2n) is 3.51. The topological polar surface area (TPSA) is 46.2 Å². The van der Waals surface area contributed by atoms with Crippen molar-refractivity contribution >= 4 is 11.8 Å². The summed E-state index contributed by atoms with van der Waals surface area (Å²) in [6.45, 7) is 2.36. The molecule has 1 unspecified atom stereocenters. The van der Waals surface area contributed by atoms with Crippen LogP contribution >= 0.6 is 11.8 Å². The minimum atomic E-state index is 0.154.